The summed E-state index contributed by atoms with van der Waals surface area (Å²) in [5.41, 5.74) is 0. The lowest BCUT2D eigenvalue weighted by Crippen LogP contribution is -2.15. The Labute approximate surface area is 88.3 Å². The van der Waals surface area contributed by atoms with E-state index >= 15 is 0 Å². The highest BCUT2D eigenvalue weighted by atomic mass is 16.1. The maximum absolute atomic E-state index is 11.2. The molecule has 0 aromatic rings. The summed E-state index contributed by atoms with van der Waals surface area (Å²) < 4.78 is 0. The SMILES string of the molecule is CCC(=O)CCC1CCCC(CC)C1. The lowest BCUT2D eigenvalue weighted by Gasteiger charge is -2.28. The Morgan fingerprint density at radius 1 is 1.21 bits per heavy atom. The summed E-state index contributed by atoms with van der Waals surface area (Å²) in [6.07, 6.45) is 9.61. The summed E-state index contributed by atoms with van der Waals surface area (Å²) in [5.74, 6) is 2.25. The average molecular weight is 196 g/mol. The second-order valence-electron chi connectivity index (χ2n) is 4.74. The van der Waals surface area contributed by atoms with Gasteiger partial charge in [0.1, 0.15) is 5.78 Å². The third kappa shape index (κ3) is 3.81. The minimum Gasteiger partial charge on any atom is -0.300 e. The number of hydrogen-bond acceptors (Lipinski definition) is 1. The number of carbonyl (C=O) groups excluding carboxylic acids is 1. The first kappa shape index (κ1) is 11.7. The van der Waals surface area contributed by atoms with Gasteiger partial charge in [0.25, 0.3) is 0 Å². The summed E-state index contributed by atoms with van der Waals surface area (Å²) in [6, 6.07) is 0. The van der Waals surface area contributed by atoms with E-state index < -0.39 is 0 Å². The number of ketones is 1. The first-order chi connectivity index (χ1) is 6.76. The van der Waals surface area contributed by atoms with Gasteiger partial charge in [-0.05, 0) is 24.7 Å². The van der Waals surface area contributed by atoms with Crippen molar-refractivity contribution in [3.8, 4) is 0 Å². The Bertz CT molecular complexity index is 174. The molecular weight excluding hydrogens is 172 g/mol. The zero-order chi connectivity index (χ0) is 10.4. The Hall–Kier alpha value is -0.330. The fraction of sp³-hybridized carbons (Fsp3) is 0.923. The molecule has 1 rings (SSSR count). The zero-order valence-corrected chi connectivity index (χ0v) is 9.72. The highest BCUT2D eigenvalue weighted by molar-refractivity contribution is 5.77. The Kier molecular flexibility index (Phi) is 5.21. The summed E-state index contributed by atoms with van der Waals surface area (Å²) in [6.45, 7) is 4.27. The molecule has 0 amide bonds. The van der Waals surface area contributed by atoms with Crippen molar-refractivity contribution in [2.24, 2.45) is 11.8 Å². The van der Waals surface area contributed by atoms with Gasteiger partial charge in [0.2, 0.25) is 0 Å². The predicted molar refractivity (Wildman–Crippen MR) is 60.3 cm³/mol. The van der Waals surface area contributed by atoms with Crippen LogP contribution in [0.4, 0.5) is 0 Å². The van der Waals surface area contributed by atoms with Crippen LogP contribution in [0.2, 0.25) is 0 Å². The first-order valence-electron chi connectivity index (χ1n) is 6.27. The van der Waals surface area contributed by atoms with Crippen LogP contribution in [0.5, 0.6) is 0 Å². The normalized spacial score (nSPS) is 27.6. The van der Waals surface area contributed by atoms with Crippen LogP contribution in [0.1, 0.15) is 65.2 Å². The summed E-state index contributed by atoms with van der Waals surface area (Å²) >= 11 is 0. The molecule has 2 unspecified atom stereocenters. The number of Topliss-reactive ketones (excluding diaryl/α,β-unsaturated/α-hetero) is 1. The van der Waals surface area contributed by atoms with Gasteiger partial charge in [-0.2, -0.15) is 0 Å². The molecular formula is C13H24O. The largest absolute Gasteiger partial charge is 0.300 e. The molecule has 0 saturated heterocycles. The van der Waals surface area contributed by atoms with Crippen molar-refractivity contribution in [2.45, 2.75) is 65.2 Å². The van der Waals surface area contributed by atoms with Crippen molar-refractivity contribution < 1.29 is 4.79 Å². The second-order valence-corrected chi connectivity index (χ2v) is 4.74. The third-order valence-electron chi connectivity index (χ3n) is 3.69. The quantitative estimate of drug-likeness (QED) is 0.650. The highest BCUT2D eigenvalue weighted by Gasteiger charge is 2.20. The van der Waals surface area contributed by atoms with Crippen molar-refractivity contribution in [1.29, 1.82) is 0 Å². The van der Waals surface area contributed by atoms with Gasteiger partial charge in [-0.15, -0.1) is 0 Å². The van der Waals surface area contributed by atoms with E-state index in [0.717, 1.165) is 31.1 Å². The van der Waals surface area contributed by atoms with Crippen LogP contribution in [0.3, 0.4) is 0 Å². The zero-order valence-electron chi connectivity index (χ0n) is 9.72. The van der Waals surface area contributed by atoms with Gasteiger partial charge < -0.3 is 0 Å². The van der Waals surface area contributed by atoms with Gasteiger partial charge in [-0.1, -0.05) is 39.5 Å². The average Bonchev–Trinajstić information content (AvgIpc) is 2.26. The standard InChI is InChI=1S/C13H24O/c1-3-11-6-5-7-12(10-11)8-9-13(14)4-2/h11-12H,3-10H2,1-2H3. The van der Waals surface area contributed by atoms with E-state index in [9.17, 15) is 4.79 Å². The smallest absolute Gasteiger partial charge is 0.132 e. The van der Waals surface area contributed by atoms with Crippen molar-refractivity contribution in [2.75, 3.05) is 0 Å². The molecule has 1 fully saturated rings. The van der Waals surface area contributed by atoms with Gasteiger partial charge in [0, 0.05) is 12.8 Å². The van der Waals surface area contributed by atoms with E-state index in [0.29, 0.717) is 5.78 Å². The molecule has 14 heavy (non-hydrogen) atoms. The molecule has 0 aromatic heterocycles. The fourth-order valence-electron chi connectivity index (χ4n) is 2.58. The van der Waals surface area contributed by atoms with Crippen molar-refractivity contribution in [3.63, 3.8) is 0 Å². The van der Waals surface area contributed by atoms with E-state index in [1.54, 1.807) is 0 Å². The highest BCUT2D eigenvalue weighted by Crippen LogP contribution is 2.33. The number of carbonyl (C=O) groups is 1. The summed E-state index contributed by atoms with van der Waals surface area (Å²) in [4.78, 5) is 11.2. The van der Waals surface area contributed by atoms with Crippen LogP contribution in [0.25, 0.3) is 0 Å². The second kappa shape index (κ2) is 6.21. The van der Waals surface area contributed by atoms with E-state index in [2.05, 4.69) is 6.92 Å². The van der Waals surface area contributed by atoms with Crippen LogP contribution >= 0.6 is 0 Å². The molecule has 0 heterocycles. The number of rotatable bonds is 5. The molecule has 1 nitrogen and oxygen atoms in total. The predicted octanol–water partition coefficient (Wildman–Crippen LogP) is 3.96. The van der Waals surface area contributed by atoms with Crippen molar-refractivity contribution in [1.82, 2.24) is 0 Å². The van der Waals surface area contributed by atoms with Gasteiger partial charge in [-0.25, -0.2) is 0 Å². The molecule has 0 spiro atoms. The van der Waals surface area contributed by atoms with E-state index in [1.807, 2.05) is 6.92 Å². The van der Waals surface area contributed by atoms with E-state index in [-0.39, 0.29) is 0 Å². The summed E-state index contributed by atoms with van der Waals surface area (Å²) in [7, 11) is 0. The molecule has 1 heteroatoms. The van der Waals surface area contributed by atoms with Gasteiger partial charge in [-0.3, -0.25) is 4.79 Å². The maximum atomic E-state index is 11.2. The molecule has 0 aromatic carbocycles. The van der Waals surface area contributed by atoms with E-state index in [4.69, 9.17) is 0 Å². The van der Waals surface area contributed by atoms with Gasteiger partial charge in [0.05, 0.1) is 0 Å². The summed E-state index contributed by atoms with van der Waals surface area (Å²) in [5, 5.41) is 0. The molecule has 0 aliphatic heterocycles. The Morgan fingerprint density at radius 2 is 1.93 bits per heavy atom. The monoisotopic (exact) mass is 196 g/mol. The third-order valence-corrected chi connectivity index (χ3v) is 3.69. The van der Waals surface area contributed by atoms with Crippen LogP contribution in [-0.4, -0.2) is 5.78 Å². The first-order valence-corrected chi connectivity index (χ1v) is 6.27. The number of hydrogen-bond donors (Lipinski definition) is 0. The van der Waals surface area contributed by atoms with Crippen LogP contribution in [0, 0.1) is 11.8 Å². The molecule has 82 valence electrons. The molecule has 0 N–H and O–H groups in total. The molecule has 1 aliphatic carbocycles. The van der Waals surface area contributed by atoms with Gasteiger partial charge >= 0.3 is 0 Å². The maximum Gasteiger partial charge on any atom is 0.132 e. The molecule has 0 bridgehead atoms. The lowest BCUT2D eigenvalue weighted by molar-refractivity contribution is -0.119. The van der Waals surface area contributed by atoms with Crippen molar-refractivity contribution in [3.05, 3.63) is 0 Å². The molecule has 0 radical (unpaired) electrons. The Morgan fingerprint density at radius 3 is 2.57 bits per heavy atom. The van der Waals surface area contributed by atoms with Crippen molar-refractivity contribution >= 4 is 5.78 Å². The lowest BCUT2D eigenvalue weighted by atomic mass is 9.78. The Balaban J connectivity index is 2.20. The van der Waals surface area contributed by atoms with Crippen LogP contribution < -0.4 is 0 Å². The molecule has 2 atom stereocenters. The molecule has 1 aliphatic rings. The fourth-order valence-corrected chi connectivity index (χ4v) is 2.58. The topological polar surface area (TPSA) is 17.1 Å². The van der Waals surface area contributed by atoms with E-state index in [1.165, 1.54) is 32.1 Å². The minimum absolute atomic E-state index is 0.448. The van der Waals surface area contributed by atoms with Crippen LogP contribution in [0.15, 0.2) is 0 Å². The van der Waals surface area contributed by atoms with Gasteiger partial charge in [0.15, 0.2) is 0 Å². The van der Waals surface area contributed by atoms with Crippen LogP contribution in [-0.2, 0) is 4.79 Å². The minimum atomic E-state index is 0.448. The molecule has 1 saturated carbocycles.